The molecule has 0 aliphatic heterocycles. The van der Waals surface area contributed by atoms with Crippen LogP contribution in [0.3, 0.4) is 0 Å². The average molecular weight is 366 g/mol. The first-order valence-electron chi connectivity index (χ1n) is 6.16. The standard InChI is InChI=1S/C14H8ClF4NO4/c1-22-10-4-7(24-14(17,18)19)2-3-9(10)23-11-6-20-5-8(16)12(11)13(15)21/h2-6H,1H3. The van der Waals surface area contributed by atoms with Gasteiger partial charge in [0.15, 0.2) is 23.1 Å². The first-order chi connectivity index (χ1) is 11.2. The monoisotopic (exact) mass is 365 g/mol. The summed E-state index contributed by atoms with van der Waals surface area (Å²) in [4.78, 5) is 14.8. The van der Waals surface area contributed by atoms with Gasteiger partial charge in [-0.3, -0.25) is 9.78 Å². The fraction of sp³-hybridized carbons (Fsp3) is 0.143. The molecule has 2 aromatic rings. The second-order valence-electron chi connectivity index (χ2n) is 4.23. The van der Waals surface area contributed by atoms with Crippen LogP contribution in [0.15, 0.2) is 30.6 Å². The van der Waals surface area contributed by atoms with Crippen molar-refractivity contribution in [1.29, 1.82) is 0 Å². The Bertz CT molecular complexity index is 767. The summed E-state index contributed by atoms with van der Waals surface area (Å²) in [6.07, 6.45) is -3.09. The van der Waals surface area contributed by atoms with Crippen molar-refractivity contribution in [3.05, 3.63) is 42.0 Å². The minimum absolute atomic E-state index is 0.0985. The number of halogens is 5. The summed E-state index contributed by atoms with van der Waals surface area (Å²) < 4.78 is 64.2. The lowest BCUT2D eigenvalue weighted by Crippen LogP contribution is -2.17. The molecule has 0 aliphatic rings. The molecule has 0 spiro atoms. The average Bonchev–Trinajstić information content (AvgIpc) is 2.47. The molecule has 24 heavy (non-hydrogen) atoms. The minimum atomic E-state index is -4.88. The summed E-state index contributed by atoms with van der Waals surface area (Å²) >= 11 is 5.29. The van der Waals surface area contributed by atoms with Gasteiger partial charge in [-0.05, 0) is 23.7 Å². The van der Waals surface area contributed by atoms with Crippen LogP contribution in [0.1, 0.15) is 10.4 Å². The molecule has 0 bridgehead atoms. The van der Waals surface area contributed by atoms with E-state index in [-0.39, 0.29) is 17.2 Å². The topological polar surface area (TPSA) is 57.6 Å². The van der Waals surface area contributed by atoms with Crippen LogP contribution in [-0.2, 0) is 0 Å². The van der Waals surface area contributed by atoms with Crippen molar-refractivity contribution < 1.29 is 36.6 Å². The molecule has 0 amide bonds. The third-order valence-electron chi connectivity index (χ3n) is 2.65. The predicted molar refractivity (Wildman–Crippen MR) is 74.1 cm³/mol. The Labute approximate surface area is 137 Å². The van der Waals surface area contributed by atoms with Crippen molar-refractivity contribution in [3.63, 3.8) is 0 Å². The van der Waals surface area contributed by atoms with Gasteiger partial charge in [-0.1, -0.05) is 0 Å². The molecule has 1 heterocycles. The molecule has 0 fully saturated rings. The molecular formula is C14H8ClF4NO4. The minimum Gasteiger partial charge on any atom is -0.493 e. The summed E-state index contributed by atoms with van der Waals surface area (Å²) in [7, 11) is 1.18. The second-order valence-corrected chi connectivity index (χ2v) is 4.57. The Kier molecular flexibility index (Phi) is 5.13. The quantitative estimate of drug-likeness (QED) is 0.584. The van der Waals surface area contributed by atoms with Crippen molar-refractivity contribution in [1.82, 2.24) is 4.98 Å². The van der Waals surface area contributed by atoms with Crippen LogP contribution in [0, 0.1) is 5.82 Å². The number of aromatic nitrogens is 1. The van der Waals surface area contributed by atoms with E-state index in [9.17, 15) is 22.4 Å². The van der Waals surface area contributed by atoms with Gasteiger partial charge in [-0.15, -0.1) is 13.2 Å². The molecule has 1 aromatic carbocycles. The molecule has 1 aromatic heterocycles. The normalized spacial score (nSPS) is 11.1. The molecule has 0 saturated carbocycles. The molecule has 128 valence electrons. The third-order valence-corrected chi connectivity index (χ3v) is 2.84. The maximum absolute atomic E-state index is 13.6. The fourth-order valence-corrected chi connectivity index (χ4v) is 1.92. The zero-order valence-corrected chi connectivity index (χ0v) is 12.6. The number of carbonyl (C=O) groups excluding carboxylic acids is 1. The van der Waals surface area contributed by atoms with E-state index in [0.29, 0.717) is 0 Å². The van der Waals surface area contributed by atoms with Gasteiger partial charge in [0.05, 0.1) is 19.5 Å². The number of rotatable bonds is 5. The Balaban J connectivity index is 2.37. The van der Waals surface area contributed by atoms with Gasteiger partial charge in [0, 0.05) is 6.07 Å². The number of nitrogens with zero attached hydrogens (tertiary/aromatic N) is 1. The molecule has 0 atom stereocenters. The maximum atomic E-state index is 13.6. The summed E-state index contributed by atoms with van der Waals surface area (Å²) in [5, 5.41) is -1.12. The number of alkyl halides is 3. The van der Waals surface area contributed by atoms with Crippen LogP contribution >= 0.6 is 11.6 Å². The largest absolute Gasteiger partial charge is 0.573 e. The lowest BCUT2D eigenvalue weighted by molar-refractivity contribution is -0.274. The molecule has 0 N–H and O–H groups in total. The first-order valence-corrected chi connectivity index (χ1v) is 6.54. The lowest BCUT2D eigenvalue weighted by atomic mass is 10.2. The van der Waals surface area contributed by atoms with Gasteiger partial charge in [0.25, 0.3) is 5.24 Å². The number of hydrogen-bond donors (Lipinski definition) is 0. The van der Waals surface area contributed by atoms with E-state index in [2.05, 4.69) is 9.72 Å². The third kappa shape index (κ3) is 4.25. The molecule has 5 nitrogen and oxygen atoms in total. The van der Waals surface area contributed by atoms with Gasteiger partial charge < -0.3 is 14.2 Å². The van der Waals surface area contributed by atoms with E-state index >= 15 is 0 Å². The molecule has 0 radical (unpaired) electrons. The van der Waals surface area contributed by atoms with Crippen molar-refractivity contribution in [2.45, 2.75) is 6.36 Å². The van der Waals surface area contributed by atoms with Crippen LogP contribution < -0.4 is 14.2 Å². The number of hydrogen-bond acceptors (Lipinski definition) is 5. The van der Waals surface area contributed by atoms with Crippen LogP contribution in [-0.4, -0.2) is 23.7 Å². The molecule has 0 saturated heterocycles. The Morgan fingerprint density at radius 2 is 1.88 bits per heavy atom. The van der Waals surface area contributed by atoms with Crippen molar-refractivity contribution >= 4 is 16.8 Å². The maximum Gasteiger partial charge on any atom is 0.573 e. The molecule has 10 heteroatoms. The summed E-state index contributed by atoms with van der Waals surface area (Å²) in [5.74, 6) is -2.12. The number of carbonyl (C=O) groups is 1. The zero-order chi connectivity index (χ0) is 17.9. The number of benzene rings is 1. The van der Waals surface area contributed by atoms with E-state index in [0.717, 1.165) is 30.6 Å². The lowest BCUT2D eigenvalue weighted by Gasteiger charge is -2.14. The number of ether oxygens (including phenoxy) is 3. The smallest absolute Gasteiger partial charge is 0.493 e. The first kappa shape index (κ1) is 17.8. The predicted octanol–water partition coefficient (Wildman–Crippen LogP) is 4.30. The summed E-state index contributed by atoms with van der Waals surface area (Å²) in [6, 6.07) is 2.96. The van der Waals surface area contributed by atoms with Crippen LogP contribution in [0.5, 0.6) is 23.0 Å². The Morgan fingerprint density at radius 3 is 2.46 bits per heavy atom. The van der Waals surface area contributed by atoms with Crippen LogP contribution in [0.2, 0.25) is 0 Å². The fourth-order valence-electron chi connectivity index (χ4n) is 1.73. The van der Waals surface area contributed by atoms with Crippen molar-refractivity contribution in [2.24, 2.45) is 0 Å². The van der Waals surface area contributed by atoms with E-state index in [1.165, 1.54) is 7.11 Å². The highest BCUT2D eigenvalue weighted by molar-refractivity contribution is 6.68. The highest BCUT2D eigenvalue weighted by Gasteiger charge is 2.31. The number of pyridine rings is 1. The van der Waals surface area contributed by atoms with E-state index in [1.807, 2.05) is 0 Å². The number of methoxy groups -OCH3 is 1. The molecule has 2 rings (SSSR count). The SMILES string of the molecule is COc1cc(OC(F)(F)F)ccc1Oc1cncc(F)c1C(=O)Cl. The Morgan fingerprint density at radius 1 is 1.17 bits per heavy atom. The molecule has 0 aliphatic carbocycles. The zero-order valence-electron chi connectivity index (χ0n) is 11.9. The van der Waals surface area contributed by atoms with Gasteiger partial charge in [-0.25, -0.2) is 4.39 Å². The van der Waals surface area contributed by atoms with Crippen molar-refractivity contribution in [3.8, 4) is 23.0 Å². The summed E-state index contributed by atoms with van der Waals surface area (Å²) in [5.41, 5.74) is -0.565. The van der Waals surface area contributed by atoms with E-state index in [4.69, 9.17) is 21.1 Å². The van der Waals surface area contributed by atoms with Gasteiger partial charge in [-0.2, -0.15) is 0 Å². The Hall–Kier alpha value is -2.55. The van der Waals surface area contributed by atoms with Crippen molar-refractivity contribution in [2.75, 3.05) is 7.11 Å². The van der Waals surface area contributed by atoms with Crippen LogP contribution in [0.25, 0.3) is 0 Å². The highest BCUT2D eigenvalue weighted by Crippen LogP contribution is 2.37. The highest BCUT2D eigenvalue weighted by atomic mass is 35.5. The van der Waals surface area contributed by atoms with Gasteiger partial charge >= 0.3 is 6.36 Å². The second kappa shape index (κ2) is 6.91. The molecular weight excluding hydrogens is 358 g/mol. The van der Waals surface area contributed by atoms with Crippen LogP contribution in [0.4, 0.5) is 17.6 Å². The molecule has 0 unspecified atom stereocenters. The van der Waals surface area contributed by atoms with Gasteiger partial charge in [0.1, 0.15) is 11.3 Å². The summed E-state index contributed by atoms with van der Waals surface area (Å²) in [6.45, 7) is 0. The van der Waals surface area contributed by atoms with E-state index in [1.54, 1.807) is 0 Å². The van der Waals surface area contributed by atoms with Gasteiger partial charge in [0.2, 0.25) is 0 Å². The van der Waals surface area contributed by atoms with E-state index < -0.39 is 28.7 Å².